The molecule has 7 heteroatoms. The van der Waals surface area contributed by atoms with Gasteiger partial charge in [0.1, 0.15) is 5.82 Å². The van der Waals surface area contributed by atoms with Crippen molar-refractivity contribution in [2.75, 3.05) is 26.8 Å². The zero-order chi connectivity index (χ0) is 16.9. The highest BCUT2D eigenvalue weighted by Crippen LogP contribution is 2.21. The Kier molecular flexibility index (Phi) is 5.10. The highest BCUT2D eigenvalue weighted by Gasteiger charge is 2.24. The fraction of sp³-hybridized carbons (Fsp3) is 0.412. The number of rotatable bonds is 5. The van der Waals surface area contributed by atoms with Crippen LogP contribution >= 0.6 is 0 Å². The van der Waals surface area contributed by atoms with E-state index < -0.39 is 0 Å². The molecule has 128 valence electrons. The van der Waals surface area contributed by atoms with E-state index in [1.807, 2.05) is 4.57 Å². The lowest BCUT2D eigenvalue weighted by molar-refractivity contribution is 0.181. The minimum absolute atomic E-state index is 0.0758. The van der Waals surface area contributed by atoms with Crippen LogP contribution in [-0.2, 0) is 17.7 Å². The lowest BCUT2D eigenvalue weighted by Gasteiger charge is -2.27. The Bertz CT molecular complexity index is 699. The van der Waals surface area contributed by atoms with Gasteiger partial charge in [-0.15, -0.1) is 0 Å². The van der Waals surface area contributed by atoms with Crippen LogP contribution in [0.1, 0.15) is 17.8 Å². The fourth-order valence-electron chi connectivity index (χ4n) is 2.83. The number of amides is 2. The van der Waals surface area contributed by atoms with Crippen molar-refractivity contribution in [2.24, 2.45) is 0 Å². The van der Waals surface area contributed by atoms with Crippen molar-refractivity contribution in [2.45, 2.75) is 19.4 Å². The number of hydrogen-bond acceptors (Lipinski definition) is 3. The first-order chi connectivity index (χ1) is 11.7. The number of aromatic nitrogens is 2. The summed E-state index contributed by atoms with van der Waals surface area (Å²) in [7, 11) is 1.64. The molecule has 1 aromatic carbocycles. The molecule has 0 unspecified atom stereocenters. The van der Waals surface area contributed by atoms with E-state index in [1.54, 1.807) is 30.5 Å². The molecule has 0 fully saturated rings. The molecule has 0 saturated heterocycles. The number of benzene rings is 1. The number of halogens is 1. The average molecular weight is 332 g/mol. The van der Waals surface area contributed by atoms with Gasteiger partial charge in [-0.25, -0.2) is 14.2 Å². The van der Waals surface area contributed by atoms with E-state index in [1.165, 1.54) is 12.1 Å². The molecule has 0 spiro atoms. The Balaban J connectivity index is 1.65. The third-order valence-corrected chi connectivity index (χ3v) is 4.11. The summed E-state index contributed by atoms with van der Waals surface area (Å²) >= 11 is 0. The molecule has 0 aliphatic carbocycles. The molecule has 2 aromatic rings. The zero-order valence-electron chi connectivity index (χ0n) is 13.7. The fourth-order valence-corrected chi connectivity index (χ4v) is 2.83. The monoisotopic (exact) mass is 332 g/mol. The Labute approximate surface area is 140 Å². The minimum atomic E-state index is -0.260. The van der Waals surface area contributed by atoms with E-state index in [0.717, 1.165) is 29.9 Å². The first-order valence-corrected chi connectivity index (χ1v) is 8.02. The second-order valence-electron chi connectivity index (χ2n) is 5.73. The Morgan fingerprint density at radius 2 is 2.17 bits per heavy atom. The molecule has 0 radical (unpaired) electrons. The molecule has 24 heavy (non-hydrogen) atoms. The number of ether oxygens (including phenoxy) is 1. The van der Waals surface area contributed by atoms with Crippen LogP contribution in [0.25, 0.3) is 5.69 Å². The summed E-state index contributed by atoms with van der Waals surface area (Å²) in [5, 5.41) is 2.89. The minimum Gasteiger partial charge on any atom is -0.385 e. The summed E-state index contributed by atoms with van der Waals surface area (Å²) in [6, 6.07) is 6.25. The topological polar surface area (TPSA) is 59.4 Å². The molecular formula is C17H21FN4O2. The van der Waals surface area contributed by atoms with E-state index in [0.29, 0.717) is 26.2 Å². The van der Waals surface area contributed by atoms with Crippen LogP contribution in [0.15, 0.2) is 30.6 Å². The van der Waals surface area contributed by atoms with E-state index >= 15 is 0 Å². The molecule has 0 bridgehead atoms. The van der Waals surface area contributed by atoms with Crippen LogP contribution < -0.4 is 5.32 Å². The van der Waals surface area contributed by atoms with Gasteiger partial charge in [0, 0.05) is 44.6 Å². The lowest BCUT2D eigenvalue weighted by atomic mass is 10.1. The first-order valence-electron chi connectivity index (χ1n) is 8.02. The van der Waals surface area contributed by atoms with Gasteiger partial charge in [0.2, 0.25) is 0 Å². The van der Waals surface area contributed by atoms with Crippen LogP contribution in [0.4, 0.5) is 9.18 Å². The van der Waals surface area contributed by atoms with Gasteiger partial charge in [-0.1, -0.05) is 0 Å². The lowest BCUT2D eigenvalue weighted by Crippen LogP contribution is -2.43. The van der Waals surface area contributed by atoms with Crippen LogP contribution in [-0.4, -0.2) is 47.3 Å². The van der Waals surface area contributed by atoms with E-state index in [-0.39, 0.29) is 11.8 Å². The maximum absolute atomic E-state index is 13.1. The van der Waals surface area contributed by atoms with Crippen LogP contribution in [0.2, 0.25) is 0 Å². The average Bonchev–Trinajstić information content (AvgIpc) is 3.02. The molecule has 1 aromatic heterocycles. The normalized spacial score (nSPS) is 13.7. The number of imidazole rings is 1. The van der Waals surface area contributed by atoms with Gasteiger partial charge in [0.25, 0.3) is 0 Å². The summed E-state index contributed by atoms with van der Waals surface area (Å²) in [6.07, 6.45) is 3.25. The molecule has 0 saturated carbocycles. The molecule has 2 heterocycles. The van der Waals surface area contributed by atoms with Gasteiger partial charge in [0.15, 0.2) is 0 Å². The number of fused-ring (bicyclic) bond motifs is 1. The van der Waals surface area contributed by atoms with Gasteiger partial charge < -0.3 is 19.5 Å². The van der Waals surface area contributed by atoms with Crippen LogP contribution in [0.5, 0.6) is 0 Å². The quantitative estimate of drug-likeness (QED) is 0.853. The molecule has 2 amide bonds. The molecular weight excluding hydrogens is 311 g/mol. The summed E-state index contributed by atoms with van der Waals surface area (Å²) in [4.78, 5) is 18.4. The SMILES string of the molecule is COCCCNC(=O)N1CCc2c(ncn2-c2ccc(F)cc2)C1. The third-order valence-electron chi connectivity index (χ3n) is 4.11. The number of methoxy groups -OCH3 is 1. The van der Waals surface area contributed by atoms with Crippen molar-refractivity contribution in [3.8, 4) is 5.69 Å². The maximum atomic E-state index is 13.1. The van der Waals surface area contributed by atoms with Crippen molar-refractivity contribution < 1.29 is 13.9 Å². The van der Waals surface area contributed by atoms with Crippen molar-refractivity contribution in [3.63, 3.8) is 0 Å². The van der Waals surface area contributed by atoms with Crippen molar-refractivity contribution in [3.05, 3.63) is 47.8 Å². The van der Waals surface area contributed by atoms with Crippen molar-refractivity contribution >= 4 is 6.03 Å². The Morgan fingerprint density at radius 1 is 1.38 bits per heavy atom. The number of nitrogens with one attached hydrogen (secondary N) is 1. The number of urea groups is 1. The Hall–Kier alpha value is -2.41. The van der Waals surface area contributed by atoms with Gasteiger partial charge in [-0.05, 0) is 30.7 Å². The molecule has 3 rings (SSSR count). The highest BCUT2D eigenvalue weighted by molar-refractivity contribution is 5.74. The van der Waals surface area contributed by atoms with Gasteiger partial charge in [-0.2, -0.15) is 0 Å². The second kappa shape index (κ2) is 7.44. The van der Waals surface area contributed by atoms with Gasteiger partial charge >= 0.3 is 6.03 Å². The Morgan fingerprint density at radius 3 is 2.92 bits per heavy atom. The van der Waals surface area contributed by atoms with E-state index in [9.17, 15) is 9.18 Å². The number of carbonyl (C=O) groups is 1. The summed E-state index contributed by atoms with van der Waals surface area (Å²) in [6.45, 7) is 2.35. The summed E-state index contributed by atoms with van der Waals surface area (Å²) in [5.74, 6) is -0.260. The summed E-state index contributed by atoms with van der Waals surface area (Å²) in [5.41, 5.74) is 2.84. The van der Waals surface area contributed by atoms with E-state index in [2.05, 4.69) is 10.3 Å². The third kappa shape index (κ3) is 3.56. The highest BCUT2D eigenvalue weighted by atomic mass is 19.1. The molecule has 1 N–H and O–H groups in total. The van der Waals surface area contributed by atoms with Crippen molar-refractivity contribution in [1.29, 1.82) is 0 Å². The predicted octanol–water partition coefficient (Wildman–Crippen LogP) is 2.12. The number of carbonyl (C=O) groups excluding carboxylic acids is 1. The second-order valence-corrected chi connectivity index (χ2v) is 5.73. The van der Waals surface area contributed by atoms with Crippen LogP contribution in [0, 0.1) is 5.82 Å². The maximum Gasteiger partial charge on any atom is 0.317 e. The van der Waals surface area contributed by atoms with Crippen LogP contribution in [0.3, 0.4) is 0 Å². The van der Waals surface area contributed by atoms with E-state index in [4.69, 9.17) is 4.74 Å². The largest absolute Gasteiger partial charge is 0.385 e. The predicted molar refractivity (Wildman–Crippen MR) is 87.5 cm³/mol. The standard InChI is InChI=1S/C17H21FN4O2/c1-24-10-2-8-19-17(23)21-9-7-16-15(11-21)20-12-22(16)14-5-3-13(18)4-6-14/h3-6,12H,2,7-11H2,1H3,(H,19,23). The molecule has 1 aliphatic rings. The number of hydrogen-bond donors (Lipinski definition) is 1. The zero-order valence-corrected chi connectivity index (χ0v) is 13.7. The van der Waals surface area contributed by atoms with Gasteiger partial charge in [-0.3, -0.25) is 0 Å². The molecule has 6 nitrogen and oxygen atoms in total. The van der Waals surface area contributed by atoms with Crippen molar-refractivity contribution in [1.82, 2.24) is 19.8 Å². The molecule has 1 aliphatic heterocycles. The smallest absolute Gasteiger partial charge is 0.317 e. The molecule has 0 atom stereocenters. The number of nitrogens with zero attached hydrogens (tertiary/aromatic N) is 3. The first kappa shape index (κ1) is 16.4. The summed E-state index contributed by atoms with van der Waals surface area (Å²) < 4.78 is 20.0. The van der Waals surface area contributed by atoms with Gasteiger partial charge in [0.05, 0.1) is 18.6 Å².